The van der Waals surface area contributed by atoms with Gasteiger partial charge in [0, 0.05) is 0 Å². The molecule has 0 bridgehead atoms. The maximum absolute atomic E-state index is 13.4. The van der Waals surface area contributed by atoms with Crippen molar-refractivity contribution in [3.63, 3.8) is 0 Å². The van der Waals surface area contributed by atoms with Gasteiger partial charge in [-0.05, 0) is 63.1 Å². The van der Waals surface area contributed by atoms with Gasteiger partial charge in [-0.1, -0.05) is 24.3 Å². The van der Waals surface area contributed by atoms with Gasteiger partial charge < -0.3 is 9.47 Å². The largest absolute Gasteiger partial charge is 0.510 e. The van der Waals surface area contributed by atoms with Crippen LogP contribution in [0.2, 0.25) is 0 Å². The van der Waals surface area contributed by atoms with Crippen molar-refractivity contribution < 1.29 is 23.0 Å². The summed E-state index contributed by atoms with van der Waals surface area (Å²) in [5.74, 6) is -0.838. The predicted octanol–water partition coefficient (Wildman–Crippen LogP) is 5.29. The lowest BCUT2D eigenvalue weighted by molar-refractivity contribution is -0.0635. The van der Waals surface area contributed by atoms with E-state index in [0.29, 0.717) is 11.1 Å². The minimum absolute atomic E-state index is 0.419. The van der Waals surface area contributed by atoms with Crippen molar-refractivity contribution >= 4 is 6.16 Å². The fraction of sp³-hybridized carbons (Fsp3) is 0.316. The molecule has 0 fully saturated rings. The second-order valence-corrected chi connectivity index (χ2v) is 6.50. The van der Waals surface area contributed by atoms with Crippen molar-refractivity contribution in [2.45, 2.75) is 38.9 Å². The van der Waals surface area contributed by atoms with Crippen LogP contribution in [0.4, 0.5) is 13.6 Å². The Morgan fingerprint density at radius 1 is 0.792 bits per heavy atom. The van der Waals surface area contributed by atoms with Crippen LogP contribution >= 0.6 is 0 Å². The SMILES string of the molecule is CC(C)(OC(=O)OC(C)(C)c1cccc(F)c1)c1cccc(F)c1. The van der Waals surface area contributed by atoms with Crippen LogP contribution in [-0.2, 0) is 20.7 Å². The summed E-state index contributed by atoms with van der Waals surface area (Å²) in [5, 5.41) is 0. The average molecular weight is 334 g/mol. The zero-order valence-corrected chi connectivity index (χ0v) is 14.1. The zero-order valence-electron chi connectivity index (χ0n) is 14.1. The third kappa shape index (κ3) is 4.31. The van der Waals surface area contributed by atoms with Crippen LogP contribution in [0.1, 0.15) is 38.8 Å². The molecule has 3 nitrogen and oxygen atoms in total. The molecule has 2 aromatic carbocycles. The molecule has 0 atom stereocenters. The molecule has 0 spiro atoms. The second-order valence-electron chi connectivity index (χ2n) is 6.50. The van der Waals surface area contributed by atoms with Gasteiger partial charge in [-0.2, -0.15) is 0 Å². The molecule has 0 heterocycles. The molecule has 0 N–H and O–H groups in total. The van der Waals surface area contributed by atoms with Crippen LogP contribution in [0, 0.1) is 11.6 Å². The lowest BCUT2D eigenvalue weighted by atomic mass is 9.97. The van der Waals surface area contributed by atoms with Crippen molar-refractivity contribution in [1.29, 1.82) is 0 Å². The number of rotatable bonds is 4. The van der Waals surface area contributed by atoms with E-state index >= 15 is 0 Å². The van der Waals surface area contributed by atoms with E-state index in [-0.39, 0.29) is 0 Å². The van der Waals surface area contributed by atoms with Crippen molar-refractivity contribution in [3.8, 4) is 0 Å². The smallest absolute Gasteiger partial charge is 0.423 e. The molecule has 0 saturated carbocycles. The summed E-state index contributed by atoms with van der Waals surface area (Å²) >= 11 is 0. The van der Waals surface area contributed by atoms with Gasteiger partial charge in [0.1, 0.15) is 22.8 Å². The van der Waals surface area contributed by atoms with Crippen molar-refractivity contribution in [2.24, 2.45) is 0 Å². The molecule has 0 aliphatic carbocycles. The van der Waals surface area contributed by atoms with E-state index in [0.717, 1.165) is 0 Å². The molecule has 2 aromatic rings. The van der Waals surface area contributed by atoms with Gasteiger partial charge in [-0.25, -0.2) is 13.6 Å². The third-order valence-corrected chi connectivity index (χ3v) is 3.72. The molecule has 0 amide bonds. The molecule has 24 heavy (non-hydrogen) atoms. The molecule has 2 rings (SSSR count). The summed E-state index contributed by atoms with van der Waals surface area (Å²) in [6, 6.07) is 11.6. The summed E-state index contributed by atoms with van der Waals surface area (Å²) in [5.41, 5.74) is -1.14. The molecule has 0 radical (unpaired) electrons. The molecule has 5 heteroatoms. The maximum Gasteiger partial charge on any atom is 0.510 e. The number of hydrogen-bond donors (Lipinski definition) is 0. The second kappa shape index (κ2) is 6.59. The van der Waals surface area contributed by atoms with E-state index in [2.05, 4.69) is 0 Å². The number of ether oxygens (including phenoxy) is 2. The molecule has 0 unspecified atom stereocenters. The van der Waals surface area contributed by atoms with Gasteiger partial charge in [-0.15, -0.1) is 0 Å². The number of hydrogen-bond acceptors (Lipinski definition) is 3. The Morgan fingerprint density at radius 2 is 1.17 bits per heavy atom. The Balaban J connectivity index is 2.12. The Labute approximate surface area is 140 Å². The van der Waals surface area contributed by atoms with Gasteiger partial charge in [0.15, 0.2) is 0 Å². The van der Waals surface area contributed by atoms with E-state index < -0.39 is 29.0 Å². The van der Waals surface area contributed by atoms with Crippen LogP contribution in [0.3, 0.4) is 0 Å². The molecule has 0 aromatic heterocycles. The van der Waals surface area contributed by atoms with E-state index in [4.69, 9.17) is 9.47 Å². The standard InChI is InChI=1S/C19H20F2O3/c1-18(2,13-7-5-9-15(20)11-13)23-17(22)24-19(3,4)14-8-6-10-16(21)12-14/h5-12H,1-4H3. The molecular formula is C19H20F2O3. The molecule has 0 aliphatic rings. The Hall–Kier alpha value is -2.43. The molecular weight excluding hydrogens is 314 g/mol. The Morgan fingerprint density at radius 3 is 1.50 bits per heavy atom. The summed E-state index contributed by atoms with van der Waals surface area (Å²) in [6.45, 7) is 6.55. The number of benzene rings is 2. The minimum Gasteiger partial charge on any atom is -0.423 e. The predicted molar refractivity (Wildman–Crippen MR) is 86.4 cm³/mol. The normalized spacial score (nSPS) is 11.9. The highest BCUT2D eigenvalue weighted by Gasteiger charge is 2.32. The number of carbonyl (C=O) groups excluding carboxylic acids is 1. The fourth-order valence-corrected chi connectivity index (χ4v) is 2.28. The Bertz CT molecular complexity index is 677. The first-order valence-electron chi connectivity index (χ1n) is 7.54. The summed E-state index contributed by atoms with van der Waals surface area (Å²) in [7, 11) is 0. The number of halogens is 2. The number of carbonyl (C=O) groups is 1. The van der Waals surface area contributed by atoms with Crippen molar-refractivity contribution in [1.82, 2.24) is 0 Å². The van der Waals surface area contributed by atoms with Crippen LogP contribution in [-0.4, -0.2) is 6.16 Å². The van der Waals surface area contributed by atoms with Crippen LogP contribution in [0.25, 0.3) is 0 Å². The van der Waals surface area contributed by atoms with Gasteiger partial charge in [0.25, 0.3) is 0 Å². The molecule has 0 aliphatic heterocycles. The van der Waals surface area contributed by atoms with E-state index in [9.17, 15) is 13.6 Å². The summed E-state index contributed by atoms with van der Waals surface area (Å²) in [4.78, 5) is 12.2. The first kappa shape index (κ1) is 17.9. The third-order valence-electron chi connectivity index (χ3n) is 3.72. The first-order chi connectivity index (χ1) is 11.1. The van der Waals surface area contributed by atoms with Gasteiger partial charge in [-0.3, -0.25) is 0 Å². The molecule has 128 valence electrons. The lowest BCUT2D eigenvalue weighted by Crippen LogP contribution is -2.31. The average Bonchev–Trinajstić information content (AvgIpc) is 2.46. The molecule has 0 saturated heterocycles. The van der Waals surface area contributed by atoms with E-state index in [1.165, 1.54) is 36.4 Å². The van der Waals surface area contributed by atoms with Crippen LogP contribution in [0.15, 0.2) is 48.5 Å². The van der Waals surface area contributed by atoms with Crippen molar-refractivity contribution in [2.75, 3.05) is 0 Å². The Kier molecular flexibility index (Phi) is 4.92. The summed E-state index contributed by atoms with van der Waals surface area (Å²) in [6.07, 6.45) is -0.918. The lowest BCUT2D eigenvalue weighted by Gasteiger charge is -2.30. The van der Waals surface area contributed by atoms with Gasteiger partial charge >= 0.3 is 6.16 Å². The monoisotopic (exact) mass is 334 g/mol. The highest BCUT2D eigenvalue weighted by Crippen LogP contribution is 2.30. The minimum atomic E-state index is -1.07. The van der Waals surface area contributed by atoms with Crippen LogP contribution in [0.5, 0.6) is 0 Å². The van der Waals surface area contributed by atoms with Gasteiger partial charge in [0.05, 0.1) is 0 Å². The quantitative estimate of drug-likeness (QED) is 0.713. The maximum atomic E-state index is 13.4. The van der Waals surface area contributed by atoms with Crippen LogP contribution < -0.4 is 0 Å². The van der Waals surface area contributed by atoms with Gasteiger partial charge in [0.2, 0.25) is 0 Å². The zero-order chi connectivity index (χ0) is 18.0. The highest BCUT2D eigenvalue weighted by atomic mass is 19.1. The van der Waals surface area contributed by atoms with E-state index in [1.807, 2.05) is 0 Å². The topological polar surface area (TPSA) is 35.5 Å². The van der Waals surface area contributed by atoms with Crippen molar-refractivity contribution in [3.05, 3.63) is 71.3 Å². The highest BCUT2D eigenvalue weighted by molar-refractivity contribution is 5.62. The van der Waals surface area contributed by atoms with E-state index in [1.54, 1.807) is 39.8 Å². The summed E-state index contributed by atoms with van der Waals surface area (Å²) < 4.78 is 37.4. The first-order valence-corrected chi connectivity index (χ1v) is 7.54. The fourth-order valence-electron chi connectivity index (χ4n) is 2.28.